The lowest BCUT2D eigenvalue weighted by Crippen LogP contribution is -2.10. The molecule has 0 spiro atoms. The van der Waals surface area contributed by atoms with Crippen molar-refractivity contribution in [2.24, 2.45) is 0 Å². The Bertz CT molecular complexity index is 303. The summed E-state index contributed by atoms with van der Waals surface area (Å²) in [7, 11) is -0.759. The SMILES string of the molecule is CS(=O)CCNc1cncc(N)c1. The Labute approximate surface area is 80.0 Å². The average Bonchev–Trinajstić information content (AvgIpc) is 2.03. The van der Waals surface area contributed by atoms with Gasteiger partial charge >= 0.3 is 0 Å². The number of nitrogens with one attached hydrogen (secondary N) is 1. The van der Waals surface area contributed by atoms with Gasteiger partial charge in [0.15, 0.2) is 0 Å². The van der Waals surface area contributed by atoms with Crippen LogP contribution in [0.25, 0.3) is 0 Å². The van der Waals surface area contributed by atoms with Crippen molar-refractivity contribution in [2.75, 3.05) is 29.6 Å². The topological polar surface area (TPSA) is 68.0 Å². The Morgan fingerprint density at radius 1 is 1.62 bits per heavy atom. The van der Waals surface area contributed by atoms with Crippen molar-refractivity contribution in [3.63, 3.8) is 0 Å². The van der Waals surface area contributed by atoms with E-state index >= 15 is 0 Å². The molecule has 0 aliphatic heterocycles. The second-order valence-corrected chi connectivity index (χ2v) is 4.27. The van der Waals surface area contributed by atoms with Crippen molar-refractivity contribution in [3.05, 3.63) is 18.5 Å². The van der Waals surface area contributed by atoms with Crippen LogP contribution >= 0.6 is 0 Å². The number of nitrogens with two attached hydrogens (primary N) is 1. The molecule has 1 heterocycles. The van der Waals surface area contributed by atoms with E-state index in [0.29, 0.717) is 18.0 Å². The Hall–Kier alpha value is -1.10. The van der Waals surface area contributed by atoms with Crippen molar-refractivity contribution in [1.82, 2.24) is 4.98 Å². The van der Waals surface area contributed by atoms with Crippen LogP contribution in [0.4, 0.5) is 11.4 Å². The molecular weight excluding hydrogens is 186 g/mol. The monoisotopic (exact) mass is 199 g/mol. The van der Waals surface area contributed by atoms with Crippen LogP contribution in [-0.2, 0) is 10.8 Å². The minimum absolute atomic E-state index is 0.627. The van der Waals surface area contributed by atoms with Crippen LogP contribution < -0.4 is 11.1 Å². The lowest BCUT2D eigenvalue weighted by molar-refractivity contribution is 0.687. The van der Waals surface area contributed by atoms with E-state index in [-0.39, 0.29) is 0 Å². The third-order valence-corrected chi connectivity index (χ3v) is 2.26. The van der Waals surface area contributed by atoms with Crippen molar-refractivity contribution < 1.29 is 4.21 Å². The summed E-state index contributed by atoms with van der Waals surface area (Å²) in [5.74, 6) is 0.634. The number of hydrogen-bond acceptors (Lipinski definition) is 4. The van der Waals surface area contributed by atoms with Gasteiger partial charge < -0.3 is 11.1 Å². The minimum atomic E-state index is -0.759. The number of rotatable bonds is 4. The number of nitrogens with zero attached hydrogens (tertiary/aromatic N) is 1. The predicted octanol–water partition coefficient (Wildman–Crippen LogP) is 0.454. The molecule has 5 heteroatoms. The van der Waals surface area contributed by atoms with E-state index in [9.17, 15) is 4.21 Å². The van der Waals surface area contributed by atoms with E-state index in [1.165, 1.54) is 0 Å². The molecule has 0 amide bonds. The first-order valence-electron chi connectivity index (χ1n) is 3.93. The van der Waals surface area contributed by atoms with Gasteiger partial charge in [-0.1, -0.05) is 0 Å². The number of hydrogen-bond donors (Lipinski definition) is 2. The van der Waals surface area contributed by atoms with Gasteiger partial charge in [-0.15, -0.1) is 0 Å². The van der Waals surface area contributed by atoms with Crippen molar-refractivity contribution >= 4 is 22.2 Å². The fourth-order valence-corrected chi connectivity index (χ4v) is 1.28. The Kier molecular flexibility index (Phi) is 3.70. The maximum Gasteiger partial charge on any atom is 0.0547 e. The summed E-state index contributed by atoms with van der Waals surface area (Å²) in [6.07, 6.45) is 4.96. The summed E-state index contributed by atoms with van der Waals surface area (Å²) < 4.78 is 10.7. The summed E-state index contributed by atoms with van der Waals surface area (Å²) in [6.45, 7) is 0.675. The highest BCUT2D eigenvalue weighted by atomic mass is 32.2. The lowest BCUT2D eigenvalue weighted by atomic mass is 10.4. The zero-order valence-electron chi connectivity index (χ0n) is 7.49. The third-order valence-electron chi connectivity index (χ3n) is 1.48. The molecule has 72 valence electrons. The van der Waals surface area contributed by atoms with Crippen LogP contribution in [0.15, 0.2) is 18.5 Å². The first-order valence-corrected chi connectivity index (χ1v) is 5.65. The van der Waals surface area contributed by atoms with Crippen LogP contribution in [0.5, 0.6) is 0 Å². The molecule has 1 atom stereocenters. The molecule has 13 heavy (non-hydrogen) atoms. The molecule has 0 aliphatic rings. The molecule has 4 nitrogen and oxygen atoms in total. The average molecular weight is 199 g/mol. The molecule has 0 aromatic carbocycles. The minimum Gasteiger partial charge on any atom is -0.397 e. The quantitative estimate of drug-likeness (QED) is 0.739. The standard InChI is InChI=1S/C8H13N3OS/c1-13(12)3-2-11-8-4-7(9)5-10-6-8/h4-6,11H,2-3,9H2,1H3. The van der Waals surface area contributed by atoms with Crippen LogP contribution in [0.3, 0.4) is 0 Å². The Balaban J connectivity index is 2.41. The van der Waals surface area contributed by atoms with Gasteiger partial charge in [-0.05, 0) is 6.07 Å². The number of aromatic nitrogens is 1. The fourth-order valence-electron chi connectivity index (χ4n) is 0.894. The van der Waals surface area contributed by atoms with Gasteiger partial charge in [0.1, 0.15) is 0 Å². The van der Waals surface area contributed by atoms with Crippen molar-refractivity contribution in [3.8, 4) is 0 Å². The van der Waals surface area contributed by atoms with Gasteiger partial charge in [0, 0.05) is 35.5 Å². The van der Waals surface area contributed by atoms with E-state index in [0.717, 1.165) is 5.69 Å². The van der Waals surface area contributed by atoms with Gasteiger partial charge in [-0.3, -0.25) is 9.19 Å². The Morgan fingerprint density at radius 2 is 2.38 bits per heavy atom. The molecule has 0 saturated heterocycles. The number of anilines is 2. The second-order valence-electron chi connectivity index (χ2n) is 2.71. The van der Waals surface area contributed by atoms with Crippen LogP contribution in [0.1, 0.15) is 0 Å². The third kappa shape index (κ3) is 3.89. The van der Waals surface area contributed by atoms with Crippen molar-refractivity contribution in [1.29, 1.82) is 0 Å². The molecule has 3 N–H and O–H groups in total. The van der Waals surface area contributed by atoms with Gasteiger partial charge in [-0.25, -0.2) is 0 Å². The normalized spacial score (nSPS) is 12.4. The summed E-state index contributed by atoms with van der Waals surface area (Å²) in [5.41, 5.74) is 7.02. The summed E-state index contributed by atoms with van der Waals surface area (Å²) in [6, 6.07) is 1.80. The van der Waals surface area contributed by atoms with E-state index in [1.54, 1.807) is 24.7 Å². The first kappa shape index (κ1) is 9.98. The van der Waals surface area contributed by atoms with Crippen LogP contribution in [0.2, 0.25) is 0 Å². The first-order chi connectivity index (χ1) is 6.18. The van der Waals surface area contributed by atoms with Gasteiger partial charge in [-0.2, -0.15) is 0 Å². The van der Waals surface area contributed by atoms with Crippen LogP contribution in [0, 0.1) is 0 Å². The highest BCUT2D eigenvalue weighted by Crippen LogP contribution is 2.08. The van der Waals surface area contributed by atoms with E-state index < -0.39 is 10.8 Å². The van der Waals surface area contributed by atoms with Crippen molar-refractivity contribution in [2.45, 2.75) is 0 Å². The maximum atomic E-state index is 10.7. The molecule has 0 fully saturated rings. The largest absolute Gasteiger partial charge is 0.397 e. The smallest absolute Gasteiger partial charge is 0.0547 e. The molecule has 1 aromatic rings. The molecular formula is C8H13N3OS. The summed E-state index contributed by atoms with van der Waals surface area (Å²) in [5, 5.41) is 3.08. The predicted molar refractivity (Wildman–Crippen MR) is 56.1 cm³/mol. The molecule has 0 bridgehead atoms. The summed E-state index contributed by atoms with van der Waals surface area (Å²) in [4.78, 5) is 3.92. The number of pyridine rings is 1. The lowest BCUT2D eigenvalue weighted by Gasteiger charge is -2.04. The molecule has 0 aliphatic carbocycles. The molecule has 1 unspecified atom stereocenters. The summed E-state index contributed by atoms with van der Waals surface area (Å²) >= 11 is 0. The molecule has 0 saturated carbocycles. The molecule has 1 aromatic heterocycles. The van der Waals surface area contributed by atoms with Gasteiger partial charge in [0.25, 0.3) is 0 Å². The van der Waals surface area contributed by atoms with Gasteiger partial charge in [0.05, 0.1) is 17.6 Å². The maximum absolute atomic E-state index is 10.7. The second kappa shape index (κ2) is 4.81. The van der Waals surface area contributed by atoms with E-state index in [2.05, 4.69) is 10.3 Å². The highest BCUT2D eigenvalue weighted by molar-refractivity contribution is 7.84. The highest BCUT2D eigenvalue weighted by Gasteiger charge is 1.94. The fraction of sp³-hybridized carbons (Fsp3) is 0.375. The molecule has 0 radical (unpaired) electrons. The van der Waals surface area contributed by atoms with E-state index in [4.69, 9.17) is 5.73 Å². The Morgan fingerprint density at radius 3 is 3.00 bits per heavy atom. The van der Waals surface area contributed by atoms with E-state index in [1.807, 2.05) is 0 Å². The molecule has 1 rings (SSSR count). The zero-order valence-corrected chi connectivity index (χ0v) is 8.30. The van der Waals surface area contributed by atoms with Gasteiger partial charge in [0.2, 0.25) is 0 Å². The number of nitrogen functional groups attached to an aromatic ring is 1. The van der Waals surface area contributed by atoms with Crippen LogP contribution in [-0.4, -0.2) is 27.7 Å². The zero-order chi connectivity index (χ0) is 9.68.